The molecule has 0 saturated carbocycles. The van der Waals surface area contributed by atoms with Gasteiger partial charge in [0, 0.05) is 11.6 Å². The van der Waals surface area contributed by atoms with E-state index in [9.17, 15) is 23.5 Å². The van der Waals surface area contributed by atoms with Gasteiger partial charge in [-0.1, -0.05) is 6.07 Å². The molecule has 1 aliphatic rings. The molecule has 1 atom stereocenters. The molecule has 1 amide bonds. The molecule has 1 heterocycles. The molecule has 7 nitrogen and oxygen atoms in total. The first-order valence-corrected chi connectivity index (χ1v) is 11.0. The minimum Gasteiger partial charge on any atom is -0.507 e. The van der Waals surface area contributed by atoms with Crippen molar-refractivity contribution in [2.75, 3.05) is 25.7 Å². The van der Waals surface area contributed by atoms with Crippen LogP contribution in [0.25, 0.3) is 5.76 Å². The van der Waals surface area contributed by atoms with E-state index >= 15 is 0 Å². The molecule has 36 heavy (non-hydrogen) atoms. The lowest BCUT2D eigenvalue weighted by atomic mass is 9.94. The third-order valence-electron chi connectivity index (χ3n) is 5.78. The molecule has 1 unspecified atom stereocenters. The van der Waals surface area contributed by atoms with Gasteiger partial charge in [-0.15, -0.1) is 0 Å². The predicted molar refractivity (Wildman–Crippen MR) is 128 cm³/mol. The number of hydrogen-bond acceptors (Lipinski definition) is 6. The van der Waals surface area contributed by atoms with Crippen molar-refractivity contribution in [3.8, 4) is 17.2 Å². The number of benzene rings is 3. The van der Waals surface area contributed by atoms with E-state index in [0.29, 0.717) is 29.4 Å². The highest BCUT2D eigenvalue weighted by atomic mass is 19.1. The minimum atomic E-state index is -1.28. The van der Waals surface area contributed by atoms with Gasteiger partial charge in [-0.3, -0.25) is 14.5 Å². The van der Waals surface area contributed by atoms with E-state index in [1.165, 1.54) is 32.4 Å². The summed E-state index contributed by atoms with van der Waals surface area (Å²) in [6, 6.07) is 12.2. The number of ketones is 1. The van der Waals surface area contributed by atoms with Gasteiger partial charge < -0.3 is 19.3 Å². The third kappa shape index (κ3) is 4.35. The molecule has 0 aromatic heterocycles. The summed E-state index contributed by atoms with van der Waals surface area (Å²) in [4.78, 5) is 27.3. The Morgan fingerprint density at radius 2 is 1.67 bits per heavy atom. The normalized spacial score (nSPS) is 16.8. The third-order valence-corrected chi connectivity index (χ3v) is 5.78. The summed E-state index contributed by atoms with van der Waals surface area (Å²) >= 11 is 0. The molecule has 0 aliphatic carbocycles. The van der Waals surface area contributed by atoms with E-state index in [1.54, 1.807) is 31.2 Å². The maximum atomic E-state index is 14.9. The maximum Gasteiger partial charge on any atom is 0.300 e. The Bertz CT molecular complexity index is 1350. The van der Waals surface area contributed by atoms with Crippen LogP contribution in [0.1, 0.15) is 24.1 Å². The van der Waals surface area contributed by atoms with Gasteiger partial charge >= 0.3 is 0 Å². The number of Topliss-reactive ketones (excluding diaryl/α,β-unsaturated/α-hetero) is 1. The number of aliphatic hydroxyl groups excluding tert-OH is 1. The number of methoxy groups -OCH3 is 2. The molecule has 3 aromatic carbocycles. The molecule has 1 saturated heterocycles. The van der Waals surface area contributed by atoms with Gasteiger partial charge in [-0.05, 0) is 61.0 Å². The highest BCUT2D eigenvalue weighted by Crippen LogP contribution is 2.45. The Morgan fingerprint density at radius 1 is 0.944 bits per heavy atom. The first-order chi connectivity index (χ1) is 17.3. The highest BCUT2D eigenvalue weighted by molar-refractivity contribution is 6.51. The zero-order valence-electron chi connectivity index (χ0n) is 19.7. The van der Waals surface area contributed by atoms with Crippen LogP contribution in [0, 0.1) is 11.6 Å². The fourth-order valence-corrected chi connectivity index (χ4v) is 4.10. The second kappa shape index (κ2) is 10.1. The quantitative estimate of drug-likeness (QED) is 0.282. The Balaban J connectivity index is 1.98. The molecular formula is C27H23F2NO6. The van der Waals surface area contributed by atoms with E-state index in [1.807, 2.05) is 0 Å². The number of amides is 1. The van der Waals surface area contributed by atoms with E-state index in [2.05, 4.69) is 0 Å². The predicted octanol–water partition coefficient (Wildman–Crippen LogP) is 5.01. The average Bonchev–Trinajstić information content (AvgIpc) is 3.15. The van der Waals surface area contributed by atoms with Gasteiger partial charge in [0.2, 0.25) is 0 Å². The largest absolute Gasteiger partial charge is 0.507 e. The summed E-state index contributed by atoms with van der Waals surface area (Å²) < 4.78 is 45.0. The van der Waals surface area contributed by atoms with E-state index in [4.69, 9.17) is 14.2 Å². The van der Waals surface area contributed by atoms with Crippen molar-refractivity contribution >= 4 is 23.1 Å². The van der Waals surface area contributed by atoms with Crippen LogP contribution >= 0.6 is 0 Å². The Labute approximate surface area is 206 Å². The molecule has 3 aromatic rings. The summed E-state index contributed by atoms with van der Waals surface area (Å²) in [7, 11) is 2.93. The summed E-state index contributed by atoms with van der Waals surface area (Å²) in [5.74, 6) is -3.13. The van der Waals surface area contributed by atoms with Crippen molar-refractivity contribution < 1.29 is 37.7 Å². The molecular weight excluding hydrogens is 472 g/mol. The van der Waals surface area contributed by atoms with Crippen LogP contribution in [0.5, 0.6) is 17.2 Å². The second-order valence-corrected chi connectivity index (χ2v) is 7.84. The Morgan fingerprint density at radius 3 is 2.31 bits per heavy atom. The van der Waals surface area contributed by atoms with Crippen molar-refractivity contribution in [3.63, 3.8) is 0 Å². The van der Waals surface area contributed by atoms with E-state index in [0.717, 1.165) is 23.1 Å². The topological polar surface area (TPSA) is 85.3 Å². The van der Waals surface area contributed by atoms with Gasteiger partial charge in [-0.25, -0.2) is 8.78 Å². The first kappa shape index (κ1) is 24.7. The molecule has 1 N–H and O–H groups in total. The van der Waals surface area contributed by atoms with Crippen LogP contribution in [0.15, 0.2) is 66.2 Å². The number of nitrogens with zero attached hydrogens (tertiary/aromatic N) is 1. The summed E-state index contributed by atoms with van der Waals surface area (Å²) in [5, 5.41) is 11.2. The zero-order chi connectivity index (χ0) is 26.0. The number of hydrogen-bond donors (Lipinski definition) is 1. The van der Waals surface area contributed by atoms with Gasteiger partial charge in [-0.2, -0.15) is 0 Å². The number of halogens is 2. The lowest BCUT2D eigenvalue weighted by Crippen LogP contribution is -2.30. The number of carbonyl (C=O) groups is 2. The van der Waals surface area contributed by atoms with Crippen LogP contribution < -0.4 is 19.1 Å². The Kier molecular flexibility index (Phi) is 6.91. The number of ether oxygens (including phenoxy) is 3. The molecule has 0 radical (unpaired) electrons. The second-order valence-electron chi connectivity index (χ2n) is 7.84. The number of aliphatic hydroxyl groups is 1. The van der Waals surface area contributed by atoms with Crippen molar-refractivity contribution in [2.45, 2.75) is 13.0 Å². The molecule has 0 spiro atoms. The van der Waals surface area contributed by atoms with Crippen molar-refractivity contribution in [2.24, 2.45) is 0 Å². The molecule has 1 fully saturated rings. The van der Waals surface area contributed by atoms with Crippen LogP contribution in [0.4, 0.5) is 14.5 Å². The smallest absolute Gasteiger partial charge is 0.300 e. The highest BCUT2D eigenvalue weighted by Gasteiger charge is 2.48. The summed E-state index contributed by atoms with van der Waals surface area (Å²) in [6.07, 6.45) is 0. The molecule has 1 aliphatic heterocycles. The fourth-order valence-electron chi connectivity index (χ4n) is 4.10. The van der Waals surface area contributed by atoms with Crippen LogP contribution in [0.2, 0.25) is 0 Å². The molecule has 9 heteroatoms. The first-order valence-electron chi connectivity index (χ1n) is 11.0. The van der Waals surface area contributed by atoms with Crippen molar-refractivity contribution in [1.82, 2.24) is 0 Å². The molecule has 186 valence electrons. The van der Waals surface area contributed by atoms with Crippen LogP contribution in [-0.2, 0) is 9.59 Å². The van der Waals surface area contributed by atoms with Gasteiger partial charge in [0.05, 0.1) is 38.1 Å². The number of anilines is 1. The fraction of sp³-hybridized carbons (Fsp3) is 0.185. The standard InChI is InChI=1S/C27H23F2NO6/c1-4-36-22-13-16(7-12-21(22)35-3)24-23(25(31)15-5-9-18(34-2)10-6-15)26(32)27(33)30(24)20-14-17(28)8-11-19(20)29/h5-14,24,31H,4H2,1-3H3/b25-23+. The van der Waals surface area contributed by atoms with E-state index in [-0.39, 0.29) is 11.1 Å². The van der Waals surface area contributed by atoms with Crippen molar-refractivity contribution in [3.05, 3.63) is 89.0 Å². The monoisotopic (exact) mass is 495 g/mol. The lowest BCUT2D eigenvalue weighted by Gasteiger charge is -2.26. The lowest BCUT2D eigenvalue weighted by molar-refractivity contribution is -0.132. The maximum absolute atomic E-state index is 14.9. The van der Waals surface area contributed by atoms with Gasteiger partial charge in [0.15, 0.2) is 11.5 Å². The van der Waals surface area contributed by atoms with Gasteiger partial charge in [0.1, 0.15) is 23.1 Å². The molecule has 4 rings (SSSR count). The number of carbonyl (C=O) groups excluding carboxylic acids is 2. The number of rotatable bonds is 7. The summed E-state index contributed by atoms with van der Waals surface area (Å²) in [5.41, 5.74) is -0.180. The minimum absolute atomic E-state index is 0.233. The zero-order valence-corrected chi connectivity index (χ0v) is 19.7. The van der Waals surface area contributed by atoms with Gasteiger partial charge in [0.25, 0.3) is 11.7 Å². The summed E-state index contributed by atoms with van der Waals surface area (Å²) in [6.45, 7) is 2.06. The van der Waals surface area contributed by atoms with Crippen LogP contribution in [-0.4, -0.2) is 37.6 Å². The van der Waals surface area contributed by atoms with E-state index < -0.39 is 40.8 Å². The van der Waals surface area contributed by atoms with Crippen molar-refractivity contribution in [1.29, 1.82) is 0 Å². The Hall–Kier alpha value is -4.40. The van der Waals surface area contributed by atoms with Crippen LogP contribution in [0.3, 0.4) is 0 Å². The molecule has 0 bridgehead atoms. The SMILES string of the molecule is CCOc1cc(C2/C(=C(\O)c3ccc(OC)cc3)C(=O)C(=O)N2c2cc(F)ccc2F)ccc1OC. The average molecular weight is 495 g/mol.